The standard InChI is InChI=1S/C17H25NO3/c1-13(18(15-7-8-15)12-11-17(19)20)3-4-14-5-9-16(21-2)10-6-14/h5-6,9-10,13,15H,3-4,7-8,11-12H2,1-2H3,(H,19,20). The van der Waals surface area contributed by atoms with Crippen LogP contribution >= 0.6 is 0 Å². The number of hydrogen-bond acceptors (Lipinski definition) is 3. The Labute approximate surface area is 126 Å². The van der Waals surface area contributed by atoms with Crippen molar-refractivity contribution in [3.63, 3.8) is 0 Å². The summed E-state index contributed by atoms with van der Waals surface area (Å²) in [6.45, 7) is 2.88. The quantitative estimate of drug-likeness (QED) is 0.760. The molecule has 1 N–H and O–H groups in total. The van der Waals surface area contributed by atoms with Crippen LogP contribution in [0.5, 0.6) is 5.75 Å². The van der Waals surface area contributed by atoms with Crippen molar-refractivity contribution in [2.24, 2.45) is 0 Å². The van der Waals surface area contributed by atoms with Crippen LogP contribution in [0.1, 0.15) is 38.2 Å². The van der Waals surface area contributed by atoms with Crippen molar-refractivity contribution in [2.75, 3.05) is 13.7 Å². The number of methoxy groups -OCH3 is 1. The largest absolute Gasteiger partial charge is 0.497 e. The molecule has 0 radical (unpaired) electrons. The molecule has 1 atom stereocenters. The Morgan fingerprint density at radius 2 is 2.05 bits per heavy atom. The Kier molecular flexibility index (Phi) is 5.62. The van der Waals surface area contributed by atoms with Crippen LogP contribution in [-0.4, -0.2) is 41.7 Å². The second-order valence-electron chi connectivity index (χ2n) is 5.85. The van der Waals surface area contributed by atoms with Crippen LogP contribution in [0.3, 0.4) is 0 Å². The molecule has 1 saturated carbocycles. The molecule has 0 aliphatic heterocycles. The molecular weight excluding hydrogens is 266 g/mol. The third-order valence-electron chi connectivity index (χ3n) is 4.18. The first-order valence-corrected chi connectivity index (χ1v) is 7.70. The lowest BCUT2D eigenvalue weighted by Crippen LogP contribution is -2.37. The Hall–Kier alpha value is -1.55. The van der Waals surface area contributed by atoms with Gasteiger partial charge in [-0.25, -0.2) is 0 Å². The van der Waals surface area contributed by atoms with Crippen LogP contribution in [0.2, 0.25) is 0 Å². The van der Waals surface area contributed by atoms with E-state index in [9.17, 15) is 4.79 Å². The number of aliphatic carboxylic acids is 1. The van der Waals surface area contributed by atoms with E-state index in [0.717, 1.165) is 18.6 Å². The monoisotopic (exact) mass is 291 g/mol. The molecule has 4 nitrogen and oxygen atoms in total. The van der Waals surface area contributed by atoms with Gasteiger partial charge < -0.3 is 9.84 Å². The molecule has 0 aromatic heterocycles. The highest BCUT2D eigenvalue weighted by molar-refractivity contribution is 5.66. The molecule has 0 spiro atoms. The molecule has 0 heterocycles. The van der Waals surface area contributed by atoms with Gasteiger partial charge in [-0.15, -0.1) is 0 Å². The SMILES string of the molecule is COc1ccc(CCC(C)N(CCC(=O)O)C2CC2)cc1. The topological polar surface area (TPSA) is 49.8 Å². The van der Waals surface area contributed by atoms with E-state index in [1.807, 2.05) is 12.1 Å². The number of ether oxygens (including phenoxy) is 1. The second kappa shape index (κ2) is 7.46. The van der Waals surface area contributed by atoms with Crippen molar-refractivity contribution in [1.82, 2.24) is 4.90 Å². The van der Waals surface area contributed by atoms with Gasteiger partial charge in [0.1, 0.15) is 5.75 Å². The molecule has 21 heavy (non-hydrogen) atoms. The van der Waals surface area contributed by atoms with Crippen LogP contribution < -0.4 is 4.74 Å². The van der Waals surface area contributed by atoms with Gasteiger partial charge in [-0.2, -0.15) is 0 Å². The highest BCUT2D eigenvalue weighted by atomic mass is 16.5. The third-order valence-corrected chi connectivity index (χ3v) is 4.18. The lowest BCUT2D eigenvalue weighted by Gasteiger charge is -2.28. The first-order valence-electron chi connectivity index (χ1n) is 7.70. The average molecular weight is 291 g/mol. The van der Waals surface area contributed by atoms with E-state index in [2.05, 4.69) is 24.0 Å². The molecule has 1 aromatic carbocycles. The Balaban J connectivity index is 1.83. The summed E-state index contributed by atoms with van der Waals surface area (Å²) in [5, 5.41) is 8.87. The molecule has 0 bridgehead atoms. The van der Waals surface area contributed by atoms with Crippen LogP contribution in [0, 0.1) is 0 Å². The van der Waals surface area contributed by atoms with Gasteiger partial charge in [0.2, 0.25) is 0 Å². The number of nitrogens with zero attached hydrogens (tertiary/aromatic N) is 1. The summed E-state index contributed by atoms with van der Waals surface area (Å²) in [6.07, 6.45) is 4.74. The van der Waals surface area contributed by atoms with Crippen molar-refractivity contribution in [3.8, 4) is 5.75 Å². The molecule has 0 saturated heterocycles. The van der Waals surface area contributed by atoms with Crippen LogP contribution in [-0.2, 0) is 11.2 Å². The van der Waals surface area contributed by atoms with Gasteiger partial charge in [-0.3, -0.25) is 9.69 Å². The van der Waals surface area contributed by atoms with Crippen molar-refractivity contribution in [2.45, 2.75) is 51.1 Å². The van der Waals surface area contributed by atoms with Crippen LogP contribution in [0.4, 0.5) is 0 Å². The van der Waals surface area contributed by atoms with E-state index in [-0.39, 0.29) is 6.42 Å². The molecule has 1 unspecified atom stereocenters. The minimum atomic E-state index is -0.706. The summed E-state index contributed by atoms with van der Waals surface area (Å²) in [7, 11) is 1.67. The summed E-state index contributed by atoms with van der Waals surface area (Å²) in [4.78, 5) is 13.1. The maximum absolute atomic E-state index is 10.8. The Bertz CT molecular complexity index is 454. The molecule has 2 rings (SSSR count). The molecule has 116 valence electrons. The van der Waals surface area contributed by atoms with E-state index < -0.39 is 5.97 Å². The molecule has 0 amide bonds. The van der Waals surface area contributed by atoms with Crippen LogP contribution in [0.25, 0.3) is 0 Å². The molecule has 4 heteroatoms. The number of carboxylic acids is 1. The molecular formula is C17H25NO3. The van der Waals surface area contributed by atoms with Gasteiger partial charge in [0.05, 0.1) is 13.5 Å². The van der Waals surface area contributed by atoms with E-state index in [1.165, 1.54) is 18.4 Å². The second-order valence-corrected chi connectivity index (χ2v) is 5.85. The highest BCUT2D eigenvalue weighted by Gasteiger charge is 2.31. The summed E-state index contributed by atoms with van der Waals surface area (Å²) < 4.78 is 5.16. The molecule has 1 fully saturated rings. The molecule has 1 aliphatic rings. The number of benzene rings is 1. The normalized spacial score (nSPS) is 16.0. The Morgan fingerprint density at radius 1 is 1.38 bits per heavy atom. The van der Waals surface area contributed by atoms with E-state index in [1.54, 1.807) is 7.11 Å². The van der Waals surface area contributed by atoms with Gasteiger partial charge in [0.15, 0.2) is 0 Å². The van der Waals surface area contributed by atoms with E-state index >= 15 is 0 Å². The number of carbonyl (C=O) groups is 1. The fraction of sp³-hybridized carbons (Fsp3) is 0.588. The number of rotatable bonds is 9. The fourth-order valence-electron chi connectivity index (χ4n) is 2.73. The zero-order valence-corrected chi connectivity index (χ0v) is 12.9. The third kappa shape index (κ3) is 5.05. The van der Waals surface area contributed by atoms with Gasteiger partial charge in [0, 0.05) is 18.6 Å². The summed E-state index contributed by atoms with van der Waals surface area (Å²) in [6, 6.07) is 9.22. The van der Waals surface area contributed by atoms with Gasteiger partial charge >= 0.3 is 5.97 Å². The number of aryl methyl sites for hydroxylation is 1. The fourth-order valence-corrected chi connectivity index (χ4v) is 2.73. The van der Waals surface area contributed by atoms with Crippen molar-refractivity contribution in [3.05, 3.63) is 29.8 Å². The van der Waals surface area contributed by atoms with Crippen molar-refractivity contribution >= 4 is 5.97 Å². The Morgan fingerprint density at radius 3 is 2.57 bits per heavy atom. The number of hydrogen-bond donors (Lipinski definition) is 1. The van der Waals surface area contributed by atoms with Crippen molar-refractivity contribution in [1.29, 1.82) is 0 Å². The van der Waals surface area contributed by atoms with Gasteiger partial charge in [0.25, 0.3) is 0 Å². The predicted molar refractivity (Wildman–Crippen MR) is 82.8 cm³/mol. The minimum absolute atomic E-state index is 0.239. The lowest BCUT2D eigenvalue weighted by atomic mass is 10.0. The average Bonchev–Trinajstić information content (AvgIpc) is 3.30. The predicted octanol–water partition coefficient (Wildman–Crippen LogP) is 2.96. The zero-order valence-electron chi connectivity index (χ0n) is 12.9. The van der Waals surface area contributed by atoms with E-state index in [0.29, 0.717) is 18.6 Å². The minimum Gasteiger partial charge on any atom is -0.497 e. The summed E-state index contributed by atoms with van der Waals surface area (Å²) in [5.41, 5.74) is 1.30. The van der Waals surface area contributed by atoms with E-state index in [4.69, 9.17) is 9.84 Å². The smallest absolute Gasteiger partial charge is 0.304 e. The zero-order chi connectivity index (χ0) is 15.2. The molecule has 1 aromatic rings. The van der Waals surface area contributed by atoms with Gasteiger partial charge in [-0.05, 0) is 50.3 Å². The number of carboxylic acid groups (broad SMARTS) is 1. The highest BCUT2D eigenvalue weighted by Crippen LogP contribution is 2.30. The lowest BCUT2D eigenvalue weighted by molar-refractivity contribution is -0.137. The summed E-state index contributed by atoms with van der Waals surface area (Å²) in [5.74, 6) is 0.177. The molecule has 1 aliphatic carbocycles. The summed E-state index contributed by atoms with van der Waals surface area (Å²) >= 11 is 0. The maximum Gasteiger partial charge on any atom is 0.304 e. The first-order chi connectivity index (χ1) is 10.1. The maximum atomic E-state index is 10.8. The van der Waals surface area contributed by atoms with Crippen molar-refractivity contribution < 1.29 is 14.6 Å². The first kappa shape index (κ1) is 15.8. The van der Waals surface area contributed by atoms with Crippen LogP contribution in [0.15, 0.2) is 24.3 Å². The van der Waals surface area contributed by atoms with Gasteiger partial charge in [-0.1, -0.05) is 12.1 Å².